The molecule has 3 rings (SSSR count). The molecule has 0 bridgehead atoms. The number of carbonyl (C=O) groups is 2. The second-order valence-electron chi connectivity index (χ2n) is 6.83. The highest BCUT2D eigenvalue weighted by Gasteiger charge is 2.25. The van der Waals surface area contributed by atoms with Crippen LogP contribution in [-0.2, 0) is 4.79 Å². The number of rotatable bonds is 6. The van der Waals surface area contributed by atoms with E-state index in [1.54, 1.807) is 31.4 Å². The van der Waals surface area contributed by atoms with Crippen molar-refractivity contribution in [1.29, 1.82) is 0 Å². The number of hydrogen-bond acceptors (Lipinski definition) is 5. The van der Waals surface area contributed by atoms with Gasteiger partial charge in [0.1, 0.15) is 5.75 Å². The number of ether oxygens (including phenoxy) is 1. The molecule has 7 nitrogen and oxygen atoms in total. The lowest BCUT2D eigenvalue weighted by atomic mass is 9.93. The Morgan fingerprint density at radius 3 is 2.89 bits per heavy atom. The quantitative estimate of drug-likeness (QED) is 0.800. The maximum atomic E-state index is 12.6. The minimum absolute atomic E-state index is 0.0306. The highest BCUT2D eigenvalue weighted by atomic mass is 35.5. The number of anilines is 1. The molecule has 28 heavy (non-hydrogen) atoms. The number of benzene rings is 1. The molecule has 0 radical (unpaired) electrons. The predicted octanol–water partition coefficient (Wildman–Crippen LogP) is 3.41. The van der Waals surface area contributed by atoms with Crippen LogP contribution in [0.3, 0.4) is 0 Å². The molecule has 1 aromatic carbocycles. The summed E-state index contributed by atoms with van der Waals surface area (Å²) in [6.45, 7) is 1.39. The van der Waals surface area contributed by atoms with Crippen LogP contribution in [0, 0.1) is 5.92 Å². The summed E-state index contributed by atoms with van der Waals surface area (Å²) < 4.78 is 5.11. The average molecular weight is 403 g/mol. The molecule has 0 aliphatic carbocycles. The summed E-state index contributed by atoms with van der Waals surface area (Å²) in [7, 11) is 1.54. The third-order valence-corrected chi connectivity index (χ3v) is 5.15. The monoisotopic (exact) mass is 402 g/mol. The van der Waals surface area contributed by atoms with Crippen molar-refractivity contribution in [2.75, 3.05) is 25.5 Å². The van der Waals surface area contributed by atoms with Crippen molar-refractivity contribution in [3.63, 3.8) is 0 Å². The summed E-state index contributed by atoms with van der Waals surface area (Å²) in [5.74, 6) is 0.772. The molecule has 1 N–H and O–H groups in total. The minimum atomic E-state index is -0.0667. The second kappa shape index (κ2) is 9.50. The number of nitrogens with zero attached hydrogens (tertiary/aromatic N) is 3. The zero-order chi connectivity index (χ0) is 19.9. The topological polar surface area (TPSA) is 84.4 Å². The lowest BCUT2D eigenvalue weighted by Crippen LogP contribution is -2.40. The van der Waals surface area contributed by atoms with Crippen LogP contribution in [0.15, 0.2) is 36.7 Å². The normalized spacial score (nSPS) is 16.5. The summed E-state index contributed by atoms with van der Waals surface area (Å²) in [6.07, 6.45) is 6.08. The number of aromatic nitrogens is 2. The van der Waals surface area contributed by atoms with Crippen molar-refractivity contribution in [3.8, 4) is 5.75 Å². The molecule has 0 spiro atoms. The number of likely N-dealkylation sites (tertiary alicyclic amines) is 1. The molecule has 2 aromatic rings. The van der Waals surface area contributed by atoms with E-state index in [0.29, 0.717) is 40.9 Å². The van der Waals surface area contributed by atoms with Gasteiger partial charge in [-0.3, -0.25) is 9.59 Å². The minimum Gasteiger partial charge on any atom is -0.495 e. The van der Waals surface area contributed by atoms with Crippen molar-refractivity contribution in [2.24, 2.45) is 5.92 Å². The van der Waals surface area contributed by atoms with Gasteiger partial charge in [0.15, 0.2) is 0 Å². The van der Waals surface area contributed by atoms with E-state index in [4.69, 9.17) is 16.3 Å². The van der Waals surface area contributed by atoms with E-state index >= 15 is 0 Å². The molecule has 148 valence electrons. The van der Waals surface area contributed by atoms with Crippen LogP contribution in [0.1, 0.15) is 36.0 Å². The molecule has 1 fully saturated rings. The Bertz CT molecular complexity index is 831. The van der Waals surface area contributed by atoms with Crippen LogP contribution in [0.25, 0.3) is 0 Å². The molecule has 0 unspecified atom stereocenters. The Morgan fingerprint density at radius 1 is 1.32 bits per heavy atom. The van der Waals surface area contributed by atoms with Crippen LogP contribution >= 0.6 is 11.6 Å². The molecule has 2 heterocycles. The first kappa shape index (κ1) is 20.1. The molecule has 1 aromatic heterocycles. The average Bonchev–Trinajstić information content (AvgIpc) is 2.73. The van der Waals surface area contributed by atoms with Gasteiger partial charge in [0, 0.05) is 25.2 Å². The van der Waals surface area contributed by atoms with Gasteiger partial charge in [-0.05, 0) is 49.4 Å². The lowest BCUT2D eigenvalue weighted by molar-refractivity contribution is -0.116. The van der Waals surface area contributed by atoms with E-state index in [9.17, 15) is 9.59 Å². The van der Waals surface area contributed by atoms with Gasteiger partial charge in [0.25, 0.3) is 5.91 Å². The number of halogens is 1. The molecule has 0 saturated carbocycles. The molecule has 1 aliphatic heterocycles. The summed E-state index contributed by atoms with van der Waals surface area (Å²) in [5, 5.41) is 10.8. The van der Waals surface area contributed by atoms with Crippen LogP contribution in [0.2, 0.25) is 5.02 Å². The summed E-state index contributed by atoms with van der Waals surface area (Å²) >= 11 is 6.09. The fraction of sp³-hybridized carbons (Fsp3) is 0.400. The Morgan fingerprint density at radius 2 is 2.18 bits per heavy atom. The highest BCUT2D eigenvalue weighted by Crippen LogP contribution is 2.27. The van der Waals surface area contributed by atoms with Gasteiger partial charge in [-0.1, -0.05) is 11.6 Å². The number of carbonyl (C=O) groups excluding carboxylic acids is 2. The molecule has 1 atom stereocenters. The third-order valence-electron chi connectivity index (χ3n) is 4.85. The van der Waals surface area contributed by atoms with Crippen LogP contribution < -0.4 is 10.1 Å². The van der Waals surface area contributed by atoms with Crippen molar-refractivity contribution in [3.05, 3.63) is 47.2 Å². The van der Waals surface area contributed by atoms with Crippen molar-refractivity contribution in [2.45, 2.75) is 25.7 Å². The molecular weight excluding hydrogens is 380 g/mol. The Kier molecular flexibility index (Phi) is 6.81. The number of methoxy groups -OCH3 is 1. The predicted molar refractivity (Wildman–Crippen MR) is 107 cm³/mol. The number of hydrogen-bond donors (Lipinski definition) is 1. The fourth-order valence-electron chi connectivity index (χ4n) is 3.39. The number of nitrogens with one attached hydrogen (secondary N) is 1. The number of amides is 2. The SMILES string of the molecule is COc1ccc(NC(=O)CC[C@H]2CCCN(C(=O)c3ccnnc3)C2)cc1Cl. The molecular formula is C20H23ClN4O3. The first-order valence-corrected chi connectivity index (χ1v) is 9.64. The van der Waals surface area contributed by atoms with Crippen molar-refractivity contribution >= 4 is 29.1 Å². The largest absolute Gasteiger partial charge is 0.495 e. The van der Waals surface area contributed by atoms with Gasteiger partial charge >= 0.3 is 0 Å². The lowest BCUT2D eigenvalue weighted by Gasteiger charge is -2.32. The Hall–Kier alpha value is -2.67. The smallest absolute Gasteiger partial charge is 0.255 e. The molecule has 1 saturated heterocycles. The van der Waals surface area contributed by atoms with E-state index in [1.165, 1.54) is 12.4 Å². The highest BCUT2D eigenvalue weighted by molar-refractivity contribution is 6.32. The standard InChI is InChI=1S/C20H23ClN4O3/c1-28-18-6-5-16(11-17(18)21)24-19(26)7-4-14-3-2-10-25(13-14)20(27)15-8-9-22-23-12-15/h5-6,8-9,11-12,14H,2-4,7,10,13H2,1H3,(H,24,26)/t14-/m1/s1. The zero-order valence-electron chi connectivity index (χ0n) is 15.7. The Balaban J connectivity index is 1.49. The van der Waals surface area contributed by atoms with Crippen LogP contribution in [-0.4, -0.2) is 47.1 Å². The van der Waals surface area contributed by atoms with Gasteiger partial charge in [-0.25, -0.2) is 0 Å². The molecule has 1 aliphatic rings. The second-order valence-corrected chi connectivity index (χ2v) is 7.23. The third kappa shape index (κ3) is 5.19. The number of piperidine rings is 1. The van der Waals surface area contributed by atoms with Crippen LogP contribution in [0.5, 0.6) is 5.75 Å². The molecule has 2 amide bonds. The van der Waals surface area contributed by atoms with Gasteiger partial charge in [-0.2, -0.15) is 10.2 Å². The van der Waals surface area contributed by atoms with E-state index in [1.807, 2.05) is 4.90 Å². The maximum absolute atomic E-state index is 12.6. The molecule has 8 heteroatoms. The summed E-state index contributed by atoms with van der Waals surface area (Å²) in [4.78, 5) is 26.7. The first-order chi connectivity index (χ1) is 13.6. The fourth-order valence-corrected chi connectivity index (χ4v) is 3.65. The Labute approximate surface area is 169 Å². The van der Waals surface area contributed by atoms with E-state index in [-0.39, 0.29) is 11.8 Å². The maximum Gasteiger partial charge on any atom is 0.255 e. The zero-order valence-corrected chi connectivity index (χ0v) is 16.5. The summed E-state index contributed by atoms with van der Waals surface area (Å²) in [5.41, 5.74) is 1.19. The van der Waals surface area contributed by atoms with Crippen molar-refractivity contribution in [1.82, 2.24) is 15.1 Å². The van der Waals surface area contributed by atoms with Gasteiger partial charge in [-0.15, -0.1) is 0 Å². The first-order valence-electron chi connectivity index (χ1n) is 9.26. The van der Waals surface area contributed by atoms with E-state index in [0.717, 1.165) is 25.8 Å². The van der Waals surface area contributed by atoms with Gasteiger partial charge < -0.3 is 15.0 Å². The van der Waals surface area contributed by atoms with Crippen molar-refractivity contribution < 1.29 is 14.3 Å². The van der Waals surface area contributed by atoms with E-state index < -0.39 is 0 Å². The van der Waals surface area contributed by atoms with Gasteiger partial charge in [0.05, 0.1) is 30.1 Å². The summed E-state index contributed by atoms with van der Waals surface area (Å²) in [6, 6.07) is 6.82. The van der Waals surface area contributed by atoms with Gasteiger partial charge in [0.2, 0.25) is 5.91 Å². The van der Waals surface area contributed by atoms with Crippen LogP contribution in [0.4, 0.5) is 5.69 Å². The van der Waals surface area contributed by atoms with E-state index in [2.05, 4.69) is 15.5 Å².